The van der Waals surface area contributed by atoms with Gasteiger partial charge in [-0.2, -0.15) is 16.7 Å². The lowest BCUT2D eigenvalue weighted by atomic mass is 10.3. The monoisotopic (exact) mass is 242 g/mol. The average Bonchev–Trinajstić information content (AvgIpc) is 2.20. The summed E-state index contributed by atoms with van der Waals surface area (Å²) < 4.78 is 13.6. The third-order valence-electron chi connectivity index (χ3n) is 2.46. The molecule has 2 N–H and O–H groups in total. The second kappa shape index (κ2) is 4.45. The van der Waals surface area contributed by atoms with Gasteiger partial charge in [0.1, 0.15) is 0 Å². The van der Waals surface area contributed by atoms with Crippen LogP contribution in [0.5, 0.6) is 0 Å². The first kappa shape index (κ1) is 11.4. The van der Waals surface area contributed by atoms with Crippen LogP contribution in [0.1, 0.15) is 13.8 Å². The van der Waals surface area contributed by atoms with Crippen LogP contribution < -0.4 is 10.6 Å². The van der Waals surface area contributed by atoms with Gasteiger partial charge in [-0.1, -0.05) is 13.8 Å². The molecule has 88 valence electrons. The minimum absolute atomic E-state index is 0.120. The number of anilines is 2. The minimum atomic E-state index is -0.402. The van der Waals surface area contributed by atoms with Crippen molar-refractivity contribution in [1.82, 2.24) is 9.97 Å². The van der Waals surface area contributed by atoms with Crippen molar-refractivity contribution in [1.29, 1.82) is 0 Å². The third kappa shape index (κ3) is 2.37. The highest BCUT2D eigenvalue weighted by molar-refractivity contribution is 8.00. The van der Waals surface area contributed by atoms with Crippen LogP contribution in [-0.4, -0.2) is 33.6 Å². The summed E-state index contributed by atoms with van der Waals surface area (Å²) in [5.74, 6) is 0.0435. The Bertz CT molecular complexity index is 377. The lowest BCUT2D eigenvalue weighted by molar-refractivity contribution is 0.596. The Labute approximate surface area is 98.4 Å². The van der Waals surface area contributed by atoms with Gasteiger partial charge >= 0.3 is 0 Å². The maximum atomic E-state index is 13.6. The smallest absolute Gasteiger partial charge is 0.222 e. The van der Waals surface area contributed by atoms with Crippen molar-refractivity contribution in [2.75, 3.05) is 23.7 Å². The number of aromatic nitrogens is 2. The van der Waals surface area contributed by atoms with Gasteiger partial charge < -0.3 is 10.6 Å². The van der Waals surface area contributed by atoms with Crippen molar-refractivity contribution >= 4 is 23.5 Å². The lowest BCUT2D eigenvalue weighted by Gasteiger charge is -2.35. The van der Waals surface area contributed by atoms with Crippen LogP contribution in [0.25, 0.3) is 0 Å². The summed E-state index contributed by atoms with van der Waals surface area (Å²) in [4.78, 5) is 9.55. The molecule has 0 aromatic carbocycles. The minimum Gasteiger partial charge on any atom is -0.368 e. The van der Waals surface area contributed by atoms with Gasteiger partial charge in [0.15, 0.2) is 11.6 Å². The molecule has 1 aliphatic heterocycles. The number of thioether (sulfide) groups is 1. The number of nitrogen functional groups attached to an aromatic ring is 1. The quantitative estimate of drug-likeness (QED) is 0.809. The Morgan fingerprint density at radius 2 is 2.06 bits per heavy atom. The molecule has 2 unspecified atom stereocenters. The maximum absolute atomic E-state index is 13.6. The summed E-state index contributed by atoms with van der Waals surface area (Å²) >= 11 is 1.91. The van der Waals surface area contributed by atoms with Crippen LogP contribution in [-0.2, 0) is 0 Å². The van der Waals surface area contributed by atoms with Crippen molar-refractivity contribution in [3.05, 3.63) is 12.0 Å². The molecule has 0 aliphatic carbocycles. The first-order valence-corrected chi connectivity index (χ1v) is 6.19. The van der Waals surface area contributed by atoms with Gasteiger partial charge in [-0.3, -0.25) is 0 Å². The van der Waals surface area contributed by atoms with E-state index in [2.05, 4.69) is 23.8 Å². The molecule has 1 aromatic rings. The summed E-state index contributed by atoms with van der Waals surface area (Å²) in [5.41, 5.74) is 5.48. The van der Waals surface area contributed by atoms with E-state index in [0.29, 0.717) is 16.3 Å². The molecule has 0 spiro atoms. The summed E-state index contributed by atoms with van der Waals surface area (Å²) in [6.07, 6.45) is 1.13. The number of nitrogens with zero attached hydrogens (tertiary/aromatic N) is 3. The molecule has 1 aliphatic rings. The summed E-state index contributed by atoms with van der Waals surface area (Å²) in [5, 5.41) is 0.943. The summed E-state index contributed by atoms with van der Waals surface area (Å²) in [6.45, 7) is 5.86. The van der Waals surface area contributed by atoms with E-state index in [4.69, 9.17) is 5.73 Å². The Morgan fingerprint density at radius 3 is 2.69 bits per heavy atom. The largest absolute Gasteiger partial charge is 0.368 e. The molecule has 2 rings (SSSR count). The predicted octanol–water partition coefficient (Wildman–Crippen LogP) is 1.53. The van der Waals surface area contributed by atoms with E-state index < -0.39 is 5.82 Å². The zero-order valence-electron chi connectivity index (χ0n) is 9.35. The molecule has 16 heavy (non-hydrogen) atoms. The third-order valence-corrected chi connectivity index (χ3v) is 3.69. The lowest BCUT2D eigenvalue weighted by Crippen LogP contribution is -2.41. The topological polar surface area (TPSA) is 55.0 Å². The molecular weight excluding hydrogens is 227 g/mol. The highest BCUT2D eigenvalue weighted by Gasteiger charge is 2.25. The highest BCUT2D eigenvalue weighted by Crippen LogP contribution is 2.28. The second-order valence-corrected chi connectivity index (χ2v) is 5.94. The average molecular weight is 242 g/mol. The van der Waals surface area contributed by atoms with Gasteiger partial charge in [0.05, 0.1) is 6.20 Å². The van der Waals surface area contributed by atoms with E-state index in [1.54, 1.807) is 0 Å². The zero-order chi connectivity index (χ0) is 11.7. The number of hydrogen-bond acceptors (Lipinski definition) is 5. The van der Waals surface area contributed by atoms with Crippen LogP contribution in [0, 0.1) is 5.82 Å². The highest BCUT2D eigenvalue weighted by atomic mass is 32.2. The van der Waals surface area contributed by atoms with E-state index in [9.17, 15) is 4.39 Å². The van der Waals surface area contributed by atoms with E-state index in [1.807, 2.05) is 16.7 Å². The number of rotatable bonds is 1. The molecule has 6 heteroatoms. The van der Waals surface area contributed by atoms with Gasteiger partial charge in [0.25, 0.3) is 0 Å². The van der Waals surface area contributed by atoms with E-state index in [1.165, 1.54) is 0 Å². The van der Waals surface area contributed by atoms with Gasteiger partial charge in [-0.05, 0) is 0 Å². The standard InChI is InChI=1S/C10H15FN4S/c1-6-4-15(5-7(2)16-6)9-8(11)3-13-10(12)14-9/h3,6-7H,4-5H2,1-2H3,(H2,12,13,14). The Balaban J connectivity index is 2.25. The van der Waals surface area contributed by atoms with Crippen LogP contribution in [0.2, 0.25) is 0 Å². The molecule has 0 saturated carbocycles. The number of nitrogens with two attached hydrogens (primary N) is 1. The molecule has 0 bridgehead atoms. The molecule has 2 atom stereocenters. The Morgan fingerprint density at radius 1 is 1.44 bits per heavy atom. The molecule has 1 fully saturated rings. The molecule has 1 saturated heterocycles. The summed E-state index contributed by atoms with van der Waals surface area (Å²) in [7, 11) is 0. The van der Waals surface area contributed by atoms with E-state index >= 15 is 0 Å². The molecular formula is C10H15FN4S. The van der Waals surface area contributed by atoms with Crippen molar-refractivity contribution in [2.45, 2.75) is 24.3 Å². The predicted molar refractivity (Wildman–Crippen MR) is 65.1 cm³/mol. The van der Waals surface area contributed by atoms with Gasteiger partial charge in [-0.15, -0.1) is 0 Å². The molecule has 0 radical (unpaired) electrons. The first-order valence-electron chi connectivity index (χ1n) is 5.24. The summed E-state index contributed by atoms with van der Waals surface area (Å²) in [6, 6.07) is 0. The molecule has 4 nitrogen and oxygen atoms in total. The fourth-order valence-corrected chi connectivity index (χ4v) is 3.27. The fourth-order valence-electron chi connectivity index (χ4n) is 1.94. The molecule has 1 aromatic heterocycles. The fraction of sp³-hybridized carbons (Fsp3) is 0.600. The van der Waals surface area contributed by atoms with E-state index in [0.717, 1.165) is 19.3 Å². The first-order chi connectivity index (χ1) is 7.56. The van der Waals surface area contributed by atoms with Crippen molar-refractivity contribution in [3.63, 3.8) is 0 Å². The van der Waals surface area contributed by atoms with Gasteiger partial charge in [-0.25, -0.2) is 9.37 Å². The van der Waals surface area contributed by atoms with Gasteiger partial charge in [0, 0.05) is 23.6 Å². The van der Waals surface area contributed by atoms with Crippen molar-refractivity contribution < 1.29 is 4.39 Å². The normalized spacial score (nSPS) is 25.8. The second-order valence-electron chi connectivity index (χ2n) is 4.06. The van der Waals surface area contributed by atoms with Crippen LogP contribution in [0.3, 0.4) is 0 Å². The van der Waals surface area contributed by atoms with E-state index in [-0.39, 0.29) is 5.95 Å². The van der Waals surface area contributed by atoms with Crippen molar-refractivity contribution in [2.24, 2.45) is 0 Å². The maximum Gasteiger partial charge on any atom is 0.222 e. The number of hydrogen-bond donors (Lipinski definition) is 1. The van der Waals surface area contributed by atoms with Crippen LogP contribution in [0.4, 0.5) is 16.2 Å². The number of halogens is 1. The van der Waals surface area contributed by atoms with Crippen LogP contribution in [0.15, 0.2) is 6.20 Å². The zero-order valence-corrected chi connectivity index (χ0v) is 10.2. The van der Waals surface area contributed by atoms with Crippen molar-refractivity contribution in [3.8, 4) is 0 Å². The SMILES string of the molecule is CC1CN(c2nc(N)ncc2F)CC(C)S1. The molecule has 2 heterocycles. The van der Waals surface area contributed by atoms with Gasteiger partial charge in [0.2, 0.25) is 5.95 Å². The molecule has 0 amide bonds. The Hall–Kier alpha value is -1.04. The van der Waals surface area contributed by atoms with Crippen LogP contribution >= 0.6 is 11.8 Å². The Kier molecular flexibility index (Phi) is 3.18.